The van der Waals surface area contributed by atoms with Gasteiger partial charge in [-0.25, -0.2) is 4.79 Å². The summed E-state index contributed by atoms with van der Waals surface area (Å²) in [6.45, 7) is 10.8. The average molecular weight is 448 g/mol. The number of hydrogen-bond acceptors (Lipinski definition) is 6. The first-order chi connectivity index (χ1) is 14.6. The van der Waals surface area contributed by atoms with Crippen molar-refractivity contribution in [1.82, 2.24) is 9.88 Å². The molecule has 1 aromatic rings. The van der Waals surface area contributed by atoms with Gasteiger partial charge < -0.3 is 19.4 Å². The molecule has 0 radical (unpaired) electrons. The number of ether oxygens (including phenoxy) is 2. The first-order valence-corrected chi connectivity index (χ1v) is 14.5. The number of H-pyrrole nitrogens is 1. The molecule has 1 aromatic heterocycles. The van der Waals surface area contributed by atoms with Gasteiger partial charge in [-0.2, -0.15) is 0 Å². The van der Waals surface area contributed by atoms with Crippen LogP contribution in [0.15, 0.2) is 16.0 Å². The summed E-state index contributed by atoms with van der Waals surface area (Å²) >= 11 is 0. The standard InChI is InChI=1S/C22H33N3O5Si/c1-15(26)25-8-6-16(7-9-25)22(14-30-10-11-31(3,4)5)12-17-19(24-22)18(21(28)29-2)13-23-20(17)27/h12-13,16H,6-11,14H2,1-5H3,(H,23,27). The van der Waals surface area contributed by atoms with Crippen LogP contribution < -0.4 is 16.1 Å². The molecule has 2 aliphatic rings. The fourth-order valence-corrected chi connectivity index (χ4v) is 5.01. The minimum absolute atomic E-state index is 0.0685. The SMILES string of the molecule is COC(=O)c1c[nH]c(=O)c2c1=NC(COCC[Si](C)(C)C)(C1CCN(C(C)=O)CC1)C=2. The van der Waals surface area contributed by atoms with Crippen molar-refractivity contribution >= 4 is 26.0 Å². The molecule has 1 unspecified atom stereocenters. The van der Waals surface area contributed by atoms with Crippen molar-refractivity contribution < 1.29 is 19.1 Å². The van der Waals surface area contributed by atoms with Crippen LogP contribution in [0.25, 0.3) is 6.08 Å². The van der Waals surface area contributed by atoms with Gasteiger partial charge >= 0.3 is 5.97 Å². The highest BCUT2D eigenvalue weighted by molar-refractivity contribution is 6.76. The van der Waals surface area contributed by atoms with Crippen molar-refractivity contribution in [1.29, 1.82) is 0 Å². The molecule has 1 amide bonds. The molecule has 0 aromatic carbocycles. The lowest BCUT2D eigenvalue weighted by Gasteiger charge is -2.39. The first-order valence-electron chi connectivity index (χ1n) is 10.8. The second kappa shape index (κ2) is 9.08. The van der Waals surface area contributed by atoms with Crippen LogP contribution in [0, 0.1) is 5.92 Å². The van der Waals surface area contributed by atoms with Gasteiger partial charge in [0.15, 0.2) is 0 Å². The van der Waals surface area contributed by atoms with Gasteiger partial charge in [0.25, 0.3) is 5.56 Å². The number of rotatable bonds is 7. The average Bonchev–Trinajstić information content (AvgIpc) is 3.12. The number of piperidine rings is 1. The Morgan fingerprint density at radius 3 is 2.55 bits per heavy atom. The van der Waals surface area contributed by atoms with Gasteiger partial charge in [-0.1, -0.05) is 19.6 Å². The number of methoxy groups -OCH3 is 1. The van der Waals surface area contributed by atoms with E-state index in [4.69, 9.17) is 14.5 Å². The van der Waals surface area contributed by atoms with Crippen LogP contribution in [-0.2, 0) is 14.3 Å². The molecule has 1 saturated heterocycles. The Labute approximate surface area is 183 Å². The van der Waals surface area contributed by atoms with Gasteiger partial charge in [-0.15, -0.1) is 0 Å². The maximum Gasteiger partial charge on any atom is 0.341 e. The maximum absolute atomic E-state index is 12.6. The fraction of sp³-hybridized carbons (Fsp3) is 0.636. The number of aromatic amines is 1. The summed E-state index contributed by atoms with van der Waals surface area (Å²) in [5, 5.41) is 0.768. The molecular formula is C22H33N3O5Si. The third-order valence-corrected chi connectivity index (χ3v) is 7.90. The largest absolute Gasteiger partial charge is 0.465 e. The Morgan fingerprint density at radius 2 is 1.97 bits per heavy atom. The van der Waals surface area contributed by atoms with E-state index in [1.165, 1.54) is 13.3 Å². The quantitative estimate of drug-likeness (QED) is 0.381. The summed E-state index contributed by atoms with van der Waals surface area (Å²) in [5.41, 5.74) is -0.767. The van der Waals surface area contributed by atoms with Gasteiger partial charge in [0.05, 0.1) is 24.3 Å². The van der Waals surface area contributed by atoms with Crippen molar-refractivity contribution in [3.63, 3.8) is 0 Å². The Kier molecular flexibility index (Phi) is 6.85. The molecule has 31 heavy (non-hydrogen) atoms. The van der Waals surface area contributed by atoms with Gasteiger partial charge in [0, 0.05) is 40.9 Å². The third kappa shape index (κ3) is 5.15. The van der Waals surface area contributed by atoms with Crippen molar-refractivity contribution in [3.05, 3.63) is 32.7 Å². The summed E-state index contributed by atoms with van der Waals surface area (Å²) in [6.07, 6.45) is 4.76. The number of amides is 1. The molecule has 0 saturated carbocycles. The van der Waals surface area contributed by atoms with Crippen molar-refractivity contribution in [2.75, 3.05) is 33.4 Å². The molecule has 1 atom stereocenters. The molecule has 170 valence electrons. The van der Waals surface area contributed by atoms with E-state index in [0.29, 0.717) is 36.9 Å². The summed E-state index contributed by atoms with van der Waals surface area (Å²) in [4.78, 5) is 46.0. The Hall–Kier alpha value is -2.26. The van der Waals surface area contributed by atoms with E-state index in [1.807, 2.05) is 11.0 Å². The van der Waals surface area contributed by atoms with E-state index < -0.39 is 19.6 Å². The van der Waals surface area contributed by atoms with Crippen LogP contribution in [0.4, 0.5) is 0 Å². The highest BCUT2D eigenvalue weighted by Gasteiger charge is 2.42. The van der Waals surface area contributed by atoms with Crippen LogP contribution in [0.3, 0.4) is 0 Å². The van der Waals surface area contributed by atoms with Crippen LogP contribution in [0.2, 0.25) is 25.7 Å². The normalized spacial score (nSPS) is 21.3. The van der Waals surface area contributed by atoms with E-state index in [-0.39, 0.29) is 22.9 Å². The van der Waals surface area contributed by atoms with Crippen molar-refractivity contribution in [2.45, 2.75) is 51.0 Å². The summed E-state index contributed by atoms with van der Waals surface area (Å²) in [7, 11) is 0.0613. The lowest BCUT2D eigenvalue weighted by atomic mass is 9.78. The zero-order valence-electron chi connectivity index (χ0n) is 19.1. The maximum atomic E-state index is 12.6. The van der Waals surface area contributed by atoms with E-state index >= 15 is 0 Å². The Balaban J connectivity index is 1.97. The molecule has 3 rings (SSSR count). The molecule has 2 aliphatic heterocycles. The lowest BCUT2D eigenvalue weighted by Crippen LogP contribution is -2.46. The highest BCUT2D eigenvalue weighted by atomic mass is 28.3. The topological polar surface area (TPSA) is 101 Å². The van der Waals surface area contributed by atoms with Crippen LogP contribution in [0.1, 0.15) is 30.1 Å². The van der Waals surface area contributed by atoms with Crippen molar-refractivity contribution in [2.24, 2.45) is 10.9 Å². The Bertz CT molecular complexity index is 1020. The lowest BCUT2D eigenvalue weighted by molar-refractivity contribution is -0.130. The molecule has 8 nitrogen and oxygen atoms in total. The molecule has 1 fully saturated rings. The molecular weight excluding hydrogens is 414 g/mol. The number of carbonyl (C=O) groups is 2. The molecule has 0 aliphatic carbocycles. The number of esters is 1. The number of hydrogen-bond donors (Lipinski definition) is 1. The van der Waals surface area contributed by atoms with Crippen LogP contribution in [-0.4, -0.2) is 68.8 Å². The second-order valence-electron chi connectivity index (χ2n) is 9.68. The molecule has 0 spiro atoms. The second-order valence-corrected chi connectivity index (χ2v) is 15.3. The number of aromatic nitrogens is 1. The Morgan fingerprint density at radius 1 is 1.29 bits per heavy atom. The van der Waals surface area contributed by atoms with E-state index in [1.54, 1.807) is 6.92 Å². The molecule has 0 bridgehead atoms. The zero-order valence-corrected chi connectivity index (χ0v) is 20.1. The van der Waals surface area contributed by atoms with Gasteiger partial charge in [-0.05, 0) is 30.9 Å². The monoisotopic (exact) mass is 447 g/mol. The van der Waals surface area contributed by atoms with Gasteiger partial charge in [0.1, 0.15) is 11.1 Å². The predicted octanol–water partition coefficient (Wildman–Crippen LogP) is 0.927. The summed E-state index contributed by atoms with van der Waals surface area (Å²) in [5.74, 6) is -0.363. The van der Waals surface area contributed by atoms with Gasteiger partial charge in [-0.3, -0.25) is 14.6 Å². The molecule has 9 heteroatoms. The number of nitrogens with one attached hydrogen (secondary N) is 1. The number of nitrogens with zero attached hydrogens (tertiary/aromatic N) is 2. The minimum Gasteiger partial charge on any atom is -0.465 e. The zero-order chi connectivity index (χ0) is 22.8. The molecule has 3 heterocycles. The summed E-state index contributed by atoms with van der Waals surface area (Å²) in [6, 6.07) is 1.03. The van der Waals surface area contributed by atoms with E-state index in [2.05, 4.69) is 24.6 Å². The number of fused-ring (bicyclic) bond motifs is 1. The van der Waals surface area contributed by atoms with E-state index in [0.717, 1.165) is 18.9 Å². The predicted molar refractivity (Wildman–Crippen MR) is 120 cm³/mol. The van der Waals surface area contributed by atoms with E-state index in [9.17, 15) is 14.4 Å². The fourth-order valence-electron chi connectivity index (χ4n) is 4.26. The smallest absolute Gasteiger partial charge is 0.341 e. The first kappa shape index (κ1) is 23.4. The number of likely N-dealkylation sites (tertiary alicyclic amines) is 1. The minimum atomic E-state index is -1.25. The summed E-state index contributed by atoms with van der Waals surface area (Å²) < 4.78 is 11.0. The van der Waals surface area contributed by atoms with Gasteiger partial charge in [0.2, 0.25) is 5.91 Å². The number of carbonyl (C=O) groups excluding carboxylic acids is 2. The molecule has 1 N–H and O–H groups in total. The highest BCUT2D eigenvalue weighted by Crippen LogP contribution is 2.34. The third-order valence-electron chi connectivity index (χ3n) is 6.20. The van der Waals surface area contributed by atoms with Crippen LogP contribution in [0.5, 0.6) is 0 Å². The van der Waals surface area contributed by atoms with Crippen molar-refractivity contribution in [3.8, 4) is 0 Å². The van der Waals surface area contributed by atoms with Crippen LogP contribution >= 0.6 is 0 Å². The number of pyridine rings is 1.